The van der Waals surface area contributed by atoms with E-state index in [1.54, 1.807) is 38.5 Å². The summed E-state index contributed by atoms with van der Waals surface area (Å²) < 4.78 is 6.23. The fourth-order valence-electron chi connectivity index (χ4n) is 4.67. The fraction of sp³-hybridized carbons (Fsp3) is 0.323. The largest absolute Gasteiger partial charge is 0.490 e. The Balaban J connectivity index is 1.57. The minimum atomic E-state index is -0.594. The summed E-state index contributed by atoms with van der Waals surface area (Å²) in [4.78, 5) is 47.6. The van der Waals surface area contributed by atoms with Crippen LogP contribution in [-0.2, 0) is 28.9 Å². The van der Waals surface area contributed by atoms with Crippen molar-refractivity contribution in [3.8, 4) is 5.75 Å². The van der Waals surface area contributed by atoms with E-state index in [1.807, 2.05) is 24.3 Å². The monoisotopic (exact) mass is 545 g/mol. The summed E-state index contributed by atoms with van der Waals surface area (Å²) in [5.74, 6) is 0.0279. The van der Waals surface area contributed by atoms with Gasteiger partial charge in [-0.2, -0.15) is 0 Å². The van der Waals surface area contributed by atoms with Gasteiger partial charge in [0, 0.05) is 50.7 Å². The number of amides is 1. The second-order valence-corrected chi connectivity index (χ2v) is 10.3. The van der Waals surface area contributed by atoms with E-state index in [0.29, 0.717) is 34.1 Å². The molecule has 1 amide bonds. The molecular formula is C31H32ClN3O4. The molecule has 39 heavy (non-hydrogen) atoms. The van der Waals surface area contributed by atoms with Gasteiger partial charge >= 0.3 is 0 Å². The predicted octanol–water partition coefficient (Wildman–Crippen LogP) is 5.20. The van der Waals surface area contributed by atoms with Gasteiger partial charge in [0.05, 0.1) is 16.8 Å². The Morgan fingerprint density at radius 2 is 1.82 bits per heavy atom. The molecule has 2 aromatic carbocycles. The number of ether oxygens (including phenoxy) is 1. The van der Waals surface area contributed by atoms with E-state index < -0.39 is 11.7 Å². The molecule has 1 fully saturated rings. The van der Waals surface area contributed by atoms with Crippen LogP contribution in [0.5, 0.6) is 5.75 Å². The third-order valence-electron chi connectivity index (χ3n) is 6.76. The molecule has 0 radical (unpaired) electrons. The van der Waals surface area contributed by atoms with Crippen molar-refractivity contribution in [3.63, 3.8) is 0 Å². The lowest BCUT2D eigenvalue weighted by Crippen LogP contribution is -2.30. The highest BCUT2D eigenvalue weighted by Gasteiger charge is 2.22. The summed E-state index contributed by atoms with van der Waals surface area (Å²) in [6, 6.07) is 12.8. The molecular weight excluding hydrogens is 514 g/mol. The number of benzene rings is 2. The van der Waals surface area contributed by atoms with Gasteiger partial charge in [-0.25, -0.2) is 9.97 Å². The molecule has 0 saturated heterocycles. The van der Waals surface area contributed by atoms with Crippen LogP contribution in [0.4, 0.5) is 0 Å². The Morgan fingerprint density at radius 1 is 1.08 bits per heavy atom. The molecule has 1 aliphatic carbocycles. The average molecular weight is 546 g/mol. The minimum Gasteiger partial charge on any atom is -0.490 e. The van der Waals surface area contributed by atoms with Crippen molar-refractivity contribution in [2.45, 2.75) is 51.0 Å². The summed E-state index contributed by atoms with van der Waals surface area (Å²) in [5, 5.41) is 0.373. The molecule has 1 heterocycles. The van der Waals surface area contributed by atoms with Crippen LogP contribution in [0, 0.1) is 0 Å². The van der Waals surface area contributed by atoms with Crippen LogP contribution in [-0.4, -0.2) is 52.5 Å². The van der Waals surface area contributed by atoms with Crippen molar-refractivity contribution in [3.05, 3.63) is 100 Å². The van der Waals surface area contributed by atoms with E-state index in [2.05, 4.69) is 11.6 Å². The summed E-state index contributed by atoms with van der Waals surface area (Å²) >= 11 is 6.45. The number of ketones is 2. The zero-order valence-corrected chi connectivity index (χ0v) is 23.0. The first-order chi connectivity index (χ1) is 18.7. The molecule has 202 valence electrons. The molecule has 0 atom stereocenters. The van der Waals surface area contributed by atoms with Crippen molar-refractivity contribution in [2.24, 2.45) is 0 Å². The molecule has 8 heteroatoms. The number of allylic oxidation sites excluding steroid dienone is 1. The first kappa shape index (κ1) is 28.2. The van der Waals surface area contributed by atoms with E-state index >= 15 is 0 Å². The quantitative estimate of drug-likeness (QED) is 0.187. The molecule has 0 bridgehead atoms. The van der Waals surface area contributed by atoms with Gasteiger partial charge in [0.2, 0.25) is 0 Å². The number of hydrogen-bond acceptors (Lipinski definition) is 6. The molecule has 0 unspecified atom stereocenters. The number of hydrogen-bond donors (Lipinski definition) is 0. The maximum absolute atomic E-state index is 12.8. The average Bonchev–Trinajstić information content (AvgIpc) is 3.44. The standard InChI is InChI=1S/C31H32ClN3O4/c1-4-23(36)17-22-15-20(13-14-28(22)39-24-10-6-7-11-24)16-29-33-19-26(32)27(34-29)18-21-9-5-8-12-25(21)30(37)31(38)35(2)3/h4-5,8-9,12-15,19,24H,1,6-7,10-11,16-18H2,2-3H3. The first-order valence-corrected chi connectivity index (χ1v) is 13.4. The van der Waals surface area contributed by atoms with Gasteiger partial charge in [-0.15, -0.1) is 0 Å². The number of Topliss-reactive ketones (excluding diaryl/α,β-unsaturated/α-hetero) is 1. The lowest BCUT2D eigenvalue weighted by molar-refractivity contribution is -0.124. The van der Waals surface area contributed by atoms with Crippen molar-refractivity contribution >= 4 is 29.1 Å². The number of halogens is 1. The molecule has 0 spiro atoms. The Morgan fingerprint density at radius 3 is 2.54 bits per heavy atom. The maximum Gasteiger partial charge on any atom is 0.294 e. The maximum atomic E-state index is 12.8. The predicted molar refractivity (Wildman–Crippen MR) is 150 cm³/mol. The van der Waals surface area contributed by atoms with Crippen molar-refractivity contribution in [1.29, 1.82) is 0 Å². The normalized spacial score (nSPS) is 13.2. The third kappa shape index (κ3) is 7.18. The van der Waals surface area contributed by atoms with Crippen LogP contribution < -0.4 is 4.74 Å². The molecule has 4 rings (SSSR count). The van der Waals surface area contributed by atoms with E-state index in [0.717, 1.165) is 42.6 Å². The van der Waals surface area contributed by atoms with Crippen LogP contribution >= 0.6 is 11.6 Å². The van der Waals surface area contributed by atoms with E-state index in [4.69, 9.17) is 21.3 Å². The fourth-order valence-corrected chi connectivity index (χ4v) is 4.83. The highest BCUT2D eigenvalue weighted by Crippen LogP contribution is 2.29. The van der Waals surface area contributed by atoms with Gasteiger partial charge in [0.25, 0.3) is 11.7 Å². The molecule has 7 nitrogen and oxygen atoms in total. The zero-order chi connectivity index (χ0) is 27.9. The van der Waals surface area contributed by atoms with Gasteiger partial charge in [0.1, 0.15) is 11.6 Å². The van der Waals surface area contributed by atoms with Crippen molar-refractivity contribution in [2.75, 3.05) is 14.1 Å². The minimum absolute atomic E-state index is 0.0746. The molecule has 1 aromatic heterocycles. The molecule has 1 saturated carbocycles. The second kappa shape index (κ2) is 12.8. The highest BCUT2D eigenvalue weighted by atomic mass is 35.5. The molecule has 3 aromatic rings. The number of aromatic nitrogens is 2. The molecule has 0 N–H and O–H groups in total. The Kier molecular flexibility index (Phi) is 9.25. The van der Waals surface area contributed by atoms with Gasteiger partial charge in [-0.1, -0.05) is 54.6 Å². The Hall–Kier alpha value is -3.84. The summed E-state index contributed by atoms with van der Waals surface area (Å²) in [7, 11) is 3.09. The lowest BCUT2D eigenvalue weighted by atomic mass is 9.98. The van der Waals surface area contributed by atoms with Gasteiger partial charge in [0.15, 0.2) is 5.78 Å². The Bertz CT molecular complexity index is 1400. The van der Waals surface area contributed by atoms with Gasteiger partial charge in [-0.3, -0.25) is 14.4 Å². The third-order valence-corrected chi connectivity index (χ3v) is 7.08. The van der Waals surface area contributed by atoms with Gasteiger partial charge in [-0.05, 0) is 49.0 Å². The number of carbonyl (C=O) groups is 3. The second-order valence-electron chi connectivity index (χ2n) is 9.93. The van der Waals surface area contributed by atoms with Crippen LogP contribution in [0.25, 0.3) is 0 Å². The van der Waals surface area contributed by atoms with E-state index in [-0.39, 0.29) is 24.7 Å². The topological polar surface area (TPSA) is 89.5 Å². The van der Waals surface area contributed by atoms with Crippen molar-refractivity contribution in [1.82, 2.24) is 14.9 Å². The number of nitrogens with zero attached hydrogens (tertiary/aromatic N) is 3. The van der Waals surface area contributed by atoms with E-state index in [9.17, 15) is 14.4 Å². The van der Waals surface area contributed by atoms with Crippen LogP contribution in [0.3, 0.4) is 0 Å². The zero-order valence-electron chi connectivity index (χ0n) is 22.3. The van der Waals surface area contributed by atoms with Crippen LogP contribution in [0.15, 0.2) is 61.3 Å². The lowest BCUT2D eigenvalue weighted by Gasteiger charge is -2.17. The first-order valence-electron chi connectivity index (χ1n) is 13.0. The number of carbonyl (C=O) groups excluding carboxylic acids is 3. The molecule has 1 aliphatic rings. The smallest absolute Gasteiger partial charge is 0.294 e. The van der Waals surface area contributed by atoms with E-state index in [1.165, 1.54) is 11.0 Å². The van der Waals surface area contributed by atoms with Crippen molar-refractivity contribution < 1.29 is 19.1 Å². The highest BCUT2D eigenvalue weighted by molar-refractivity contribution is 6.43. The van der Waals surface area contributed by atoms with Gasteiger partial charge < -0.3 is 9.64 Å². The summed E-state index contributed by atoms with van der Waals surface area (Å²) in [5.41, 5.74) is 3.28. The van der Waals surface area contributed by atoms with Crippen LogP contribution in [0.2, 0.25) is 5.02 Å². The summed E-state index contributed by atoms with van der Waals surface area (Å²) in [6.45, 7) is 3.60. The number of rotatable bonds is 11. The number of likely N-dealkylation sites (N-methyl/N-ethyl adjacent to an activating group) is 1. The summed E-state index contributed by atoms with van der Waals surface area (Å²) in [6.07, 6.45) is 8.32. The molecule has 0 aliphatic heterocycles. The van der Waals surface area contributed by atoms with Crippen LogP contribution in [0.1, 0.15) is 64.2 Å². The Labute approximate surface area is 233 Å². The SMILES string of the molecule is C=CC(=O)Cc1cc(Cc2ncc(Cl)c(Cc3ccccc3C(=O)C(=O)N(C)C)n2)ccc1OC1CCCC1.